The van der Waals surface area contributed by atoms with Crippen molar-refractivity contribution in [2.24, 2.45) is 5.92 Å². The van der Waals surface area contributed by atoms with Gasteiger partial charge in [0.25, 0.3) is 0 Å². The van der Waals surface area contributed by atoms with Gasteiger partial charge >= 0.3 is 12.1 Å². The Morgan fingerprint density at radius 1 is 0.821 bits per heavy atom. The van der Waals surface area contributed by atoms with E-state index in [0.29, 0.717) is 12.8 Å². The van der Waals surface area contributed by atoms with E-state index < -0.39 is 24.1 Å². The summed E-state index contributed by atoms with van der Waals surface area (Å²) >= 11 is 0. The van der Waals surface area contributed by atoms with Crippen LogP contribution in [0.4, 0.5) is 4.79 Å². The molecule has 7 nitrogen and oxygen atoms in total. The number of benzene rings is 3. The van der Waals surface area contributed by atoms with Gasteiger partial charge in [0, 0.05) is 12.8 Å². The predicted molar refractivity (Wildman–Crippen MR) is 150 cm³/mol. The van der Waals surface area contributed by atoms with Gasteiger partial charge in [0.1, 0.15) is 19.3 Å². The highest BCUT2D eigenvalue weighted by atomic mass is 16.5. The van der Waals surface area contributed by atoms with Gasteiger partial charge in [0.2, 0.25) is 5.91 Å². The van der Waals surface area contributed by atoms with Crippen molar-refractivity contribution < 1.29 is 23.9 Å². The van der Waals surface area contributed by atoms with E-state index in [4.69, 9.17) is 9.47 Å². The molecular weight excluding hydrogens is 492 g/mol. The monoisotopic (exact) mass is 528 g/mol. The molecule has 3 atom stereocenters. The second-order valence-electron chi connectivity index (χ2n) is 10.0. The molecule has 1 aliphatic rings. The van der Waals surface area contributed by atoms with Crippen molar-refractivity contribution in [3.05, 3.63) is 95.6 Å². The van der Waals surface area contributed by atoms with E-state index in [9.17, 15) is 14.4 Å². The first kappa shape index (κ1) is 27.9. The van der Waals surface area contributed by atoms with Gasteiger partial charge in [-0.3, -0.25) is 9.59 Å². The quantitative estimate of drug-likeness (QED) is 0.333. The molecule has 0 bridgehead atoms. The van der Waals surface area contributed by atoms with Crippen LogP contribution in [-0.2, 0) is 25.5 Å². The Hall–Kier alpha value is -4.13. The number of alkyl carbamates (subject to hydrolysis) is 1. The standard InChI is InChI=1S/C32H36N2O5/c1-4-21(2)30(31(36)33-24(19-38-22(3)35)18-23-12-6-5-7-13-23)34-32(37)39-20-29-27-16-10-8-14-25(27)26-15-9-11-17-28(26)29/h5-17,21,24,29-30H,4,18-20H2,1-3H3,(H,33,36)(H,34,37)/t21-,24+,30-/m0/s1. The number of hydrogen-bond donors (Lipinski definition) is 2. The first-order valence-electron chi connectivity index (χ1n) is 13.5. The van der Waals surface area contributed by atoms with Crippen LogP contribution in [0.2, 0.25) is 0 Å². The number of carbonyl (C=O) groups excluding carboxylic acids is 3. The Balaban J connectivity index is 1.42. The summed E-state index contributed by atoms with van der Waals surface area (Å²) in [5.41, 5.74) is 5.54. The van der Waals surface area contributed by atoms with Crippen molar-refractivity contribution in [3.8, 4) is 11.1 Å². The Labute approximate surface area is 229 Å². The lowest BCUT2D eigenvalue weighted by Gasteiger charge is -2.27. The zero-order valence-electron chi connectivity index (χ0n) is 22.7. The molecule has 1 aliphatic carbocycles. The molecule has 2 amide bonds. The number of rotatable bonds is 11. The average Bonchev–Trinajstić information content (AvgIpc) is 3.27. The summed E-state index contributed by atoms with van der Waals surface area (Å²) in [5.74, 6) is -0.974. The Morgan fingerprint density at radius 2 is 1.41 bits per heavy atom. The molecule has 2 N–H and O–H groups in total. The van der Waals surface area contributed by atoms with E-state index in [1.807, 2.05) is 68.4 Å². The summed E-state index contributed by atoms with van der Waals surface area (Å²) in [4.78, 5) is 37.8. The van der Waals surface area contributed by atoms with Crippen LogP contribution in [0.15, 0.2) is 78.9 Å². The minimum atomic E-state index is -0.804. The summed E-state index contributed by atoms with van der Waals surface area (Å²) in [6, 6.07) is 24.7. The van der Waals surface area contributed by atoms with Crippen LogP contribution in [0.1, 0.15) is 49.8 Å². The number of hydrogen-bond acceptors (Lipinski definition) is 5. The number of carbonyl (C=O) groups is 3. The maximum Gasteiger partial charge on any atom is 0.407 e. The number of fused-ring (bicyclic) bond motifs is 3. The number of ether oxygens (including phenoxy) is 2. The summed E-state index contributed by atoms with van der Waals surface area (Å²) in [6.07, 6.45) is 0.518. The van der Waals surface area contributed by atoms with Gasteiger partial charge in [-0.25, -0.2) is 4.79 Å². The van der Waals surface area contributed by atoms with Crippen LogP contribution in [0.5, 0.6) is 0 Å². The third-order valence-electron chi connectivity index (χ3n) is 7.27. The highest BCUT2D eigenvalue weighted by Crippen LogP contribution is 2.44. The predicted octanol–water partition coefficient (Wildman–Crippen LogP) is 5.23. The van der Waals surface area contributed by atoms with Gasteiger partial charge in [-0.1, -0.05) is 99.1 Å². The third kappa shape index (κ3) is 7.05. The van der Waals surface area contributed by atoms with Gasteiger partial charge < -0.3 is 20.1 Å². The van der Waals surface area contributed by atoms with Crippen LogP contribution < -0.4 is 10.6 Å². The smallest absolute Gasteiger partial charge is 0.407 e. The van der Waals surface area contributed by atoms with Gasteiger partial charge in [0.05, 0.1) is 6.04 Å². The zero-order chi connectivity index (χ0) is 27.8. The van der Waals surface area contributed by atoms with Gasteiger partial charge in [0.15, 0.2) is 0 Å². The highest BCUT2D eigenvalue weighted by Gasteiger charge is 2.31. The summed E-state index contributed by atoms with van der Waals surface area (Å²) in [7, 11) is 0. The van der Waals surface area contributed by atoms with Crippen molar-refractivity contribution in [2.45, 2.75) is 51.6 Å². The van der Waals surface area contributed by atoms with E-state index in [1.54, 1.807) is 0 Å². The third-order valence-corrected chi connectivity index (χ3v) is 7.27. The van der Waals surface area contributed by atoms with E-state index in [-0.39, 0.29) is 31.0 Å². The minimum absolute atomic E-state index is 0.0359. The van der Waals surface area contributed by atoms with E-state index in [0.717, 1.165) is 27.8 Å². The molecule has 0 aromatic heterocycles. The molecule has 0 aliphatic heterocycles. The first-order valence-corrected chi connectivity index (χ1v) is 13.5. The average molecular weight is 529 g/mol. The molecule has 4 rings (SSSR count). The lowest BCUT2D eigenvalue weighted by atomic mass is 9.97. The molecule has 0 saturated carbocycles. The normalized spacial score (nSPS) is 14.3. The fourth-order valence-corrected chi connectivity index (χ4v) is 5.03. The van der Waals surface area contributed by atoms with Crippen LogP contribution in [0.3, 0.4) is 0 Å². The van der Waals surface area contributed by atoms with Crippen molar-refractivity contribution >= 4 is 18.0 Å². The largest absolute Gasteiger partial charge is 0.464 e. The topological polar surface area (TPSA) is 93.7 Å². The molecular formula is C32H36N2O5. The highest BCUT2D eigenvalue weighted by molar-refractivity contribution is 5.86. The SMILES string of the molecule is CC[C@H](C)[C@H](NC(=O)OCC1c2ccccc2-c2ccccc21)C(=O)N[C@@H](COC(C)=O)Cc1ccccc1. The summed E-state index contributed by atoms with van der Waals surface area (Å²) < 4.78 is 10.9. The molecule has 3 aromatic rings. The minimum Gasteiger partial charge on any atom is -0.464 e. The van der Waals surface area contributed by atoms with Crippen LogP contribution in [0, 0.1) is 5.92 Å². The molecule has 204 valence electrons. The lowest BCUT2D eigenvalue weighted by molar-refractivity contribution is -0.142. The molecule has 0 radical (unpaired) electrons. The molecule has 0 fully saturated rings. The van der Waals surface area contributed by atoms with Crippen molar-refractivity contribution in [2.75, 3.05) is 13.2 Å². The van der Waals surface area contributed by atoms with Crippen molar-refractivity contribution in [1.82, 2.24) is 10.6 Å². The second-order valence-corrected chi connectivity index (χ2v) is 10.0. The molecule has 39 heavy (non-hydrogen) atoms. The number of amides is 2. The fraction of sp³-hybridized carbons (Fsp3) is 0.344. The number of nitrogens with one attached hydrogen (secondary N) is 2. The summed E-state index contributed by atoms with van der Waals surface area (Å²) in [5, 5.41) is 5.77. The fourth-order valence-electron chi connectivity index (χ4n) is 5.03. The Kier molecular flexibility index (Phi) is 9.36. The lowest BCUT2D eigenvalue weighted by Crippen LogP contribution is -2.54. The number of esters is 1. The van der Waals surface area contributed by atoms with Crippen molar-refractivity contribution in [3.63, 3.8) is 0 Å². The molecule has 0 heterocycles. The Bertz CT molecular complexity index is 1250. The molecule has 0 spiro atoms. The molecule has 7 heteroatoms. The van der Waals surface area contributed by atoms with E-state index in [2.05, 4.69) is 34.9 Å². The zero-order valence-corrected chi connectivity index (χ0v) is 22.7. The van der Waals surface area contributed by atoms with Crippen LogP contribution in [0.25, 0.3) is 11.1 Å². The van der Waals surface area contributed by atoms with Gasteiger partial charge in [-0.2, -0.15) is 0 Å². The van der Waals surface area contributed by atoms with E-state index >= 15 is 0 Å². The van der Waals surface area contributed by atoms with Crippen LogP contribution in [-0.4, -0.2) is 43.3 Å². The molecule has 0 unspecified atom stereocenters. The second kappa shape index (κ2) is 13.1. The molecule has 3 aromatic carbocycles. The van der Waals surface area contributed by atoms with E-state index in [1.165, 1.54) is 6.92 Å². The van der Waals surface area contributed by atoms with Gasteiger partial charge in [-0.05, 0) is 40.2 Å². The van der Waals surface area contributed by atoms with Gasteiger partial charge in [-0.15, -0.1) is 0 Å². The van der Waals surface area contributed by atoms with Crippen LogP contribution >= 0.6 is 0 Å². The maximum absolute atomic E-state index is 13.4. The molecule has 0 saturated heterocycles. The first-order chi connectivity index (χ1) is 18.9. The maximum atomic E-state index is 13.4. The Morgan fingerprint density at radius 3 is 2.00 bits per heavy atom. The summed E-state index contributed by atoms with van der Waals surface area (Å²) in [6.45, 7) is 5.41. The van der Waals surface area contributed by atoms with Crippen molar-refractivity contribution in [1.29, 1.82) is 0 Å².